The highest BCUT2D eigenvalue weighted by molar-refractivity contribution is 7.89. The number of aromatic nitrogens is 1. The van der Waals surface area contributed by atoms with Gasteiger partial charge < -0.3 is 5.11 Å². The number of nitrogens with zero attached hydrogens (tertiary/aromatic N) is 1. The van der Waals surface area contributed by atoms with E-state index in [2.05, 4.69) is 9.71 Å². The molecule has 1 aromatic heterocycles. The first-order valence-electron chi connectivity index (χ1n) is 6.32. The Morgan fingerprint density at radius 3 is 2.76 bits per heavy atom. The fourth-order valence-electron chi connectivity index (χ4n) is 1.80. The Balaban J connectivity index is 1.92. The minimum absolute atomic E-state index is 0.0993. The molecule has 0 aliphatic heterocycles. The van der Waals surface area contributed by atoms with Gasteiger partial charge in [0.2, 0.25) is 10.0 Å². The molecule has 21 heavy (non-hydrogen) atoms. The van der Waals surface area contributed by atoms with Gasteiger partial charge in [-0.3, -0.25) is 4.98 Å². The molecule has 0 unspecified atom stereocenters. The summed E-state index contributed by atoms with van der Waals surface area (Å²) in [5.74, 6) is 0. The third-order valence-corrected chi connectivity index (χ3v) is 4.57. The third-order valence-electron chi connectivity index (χ3n) is 2.89. The number of rotatable bonds is 6. The highest BCUT2D eigenvalue weighted by atomic mass is 35.5. The summed E-state index contributed by atoms with van der Waals surface area (Å²) in [5.41, 5.74) is 0.656. The number of benzene rings is 1. The monoisotopic (exact) mass is 326 g/mol. The van der Waals surface area contributed by atoms with Crippen molar-refractivity contribution in [2.45, 2.75) is 17.4 Å². The lowest BCUT2D eigenvalue weighted by Crippen LogP contribution is -2.26. The van der Waals surface area contributed by atoms with E-state index in [-0.39, 0.29) is 17.9 Å². The van der Waals surface area contributed by atoms with Crippen LogP contribution in [0.15, 0.2) is 53.7 Å². The Kier molecular flexibility index (Phi) is 5.30. The molecule has 7 heteroatoms. The first-order valence-corrected chi connectivity index (χ1v) is 8.18. The fraction of sp³-hybridized carbons (Fsp3) is 0.214. The maximum atomic E-state index is 12.0. The van der Waals surface area contributed by atoms with Crippen molar-refractivity contribution in [3.8, 4) is 0 Å². The smallest absolute Gasteiger partial charge is 0.242 e. The van der Waals surface area contributed by atoms with Gasteiger partial charge in [0, 0.05) is 24.0 Å². The Bertz CT molecular complexity index is 692. The van der Waals surface area contributed by atoms with Crippen LogP contribution in [0.1, 0.15) is 18.1 Å². The minimum Gasteiger partial charge on any atom is -0.388 e. The summed E-state index contributed by atoms with van der Waals surface area (Å²) in [4.78, 5) is 3.87. The summed E-state index contributed by atoms with van der Waals surface area (Å²) in [6, 6.07) is 9.86. The first-order chi connectivity index (χ1) is 9.99. The molecular formula is C14H15ClN2O3S. The molecule has 0 aliphatic carbocycles. The van der Waals surface area contributed by atoms with Crippen LogP contribution in [0.2, 0.25) is 5.02 Å². The molecule has 1 heterocycles. The van der Waals surface area contributed by atoms with E-state index >= 15 is 0 Å². The average Bonchev–Trinajstić information content (AvgIpc) is 2.48. The lowest BCUT2D eigenvalue weighted by atomic mass is 10.1. The van der Waals surface area contributed by atoms with E-state index in [0.29, 0.717) is 10.6 Å². The number of aliphatic hydroxyl groups is 1. The van der Waals surface area contributed by atoms with E-state index in [4.69, 9.17) is 11.6 Å². The molecule has 2 rings (SSSR count). The van der Waals surface area contributed by atoms with Crippen molar-refractivity contribution in [2.75, 3.05) is 6.54 Å². The third kappa shape index (κ3) is 4.50. The molecule has 2 N–H and O–H groups in total. The van der Waals surface area contributed by atoms with E-state index in [0.717, 1.165) is 0 Å². The van der Waals surface area contributed by atoms with Gasteiger partial charge in [-0.2, -0.15) is 0 Å². The number of halogens is 1. The Hall–Kier alpha value is -1.47. The van der Waals surface area contributed by atoms with Gasteiger partial charge in [0.25, 0.3) is 0 Å². The fourth-order valence-corrected chi connectivity index (χ4v) is 3.01. The van der Waals surface area contributed by atoms with Gasteiger partial charge in [-0.05, 0) is 36.2 Å². The van der Waals surface area contributed by atoms with Crippen molar-refractivity contribution in [2.24, 2.45) is 0 Å². The molecule has 1 atom stereocenters. The van der Waals surface area contributed by atoms with Gasteiger partial charge in [-0.1, -0.05) is 23.7 Å². The molecular weight excluding hydrogens is 312 g/mol. The van der Waals surface area contributed by atoms with Gasteiger partial charge in [0.15, 0.2) is 0 Å². The van der Waals surface area contributed by atoms with Crippen molar-refractivity contribution in [1.29, 1.82) is 0 Å². The molecule has 0 aliphatic rings. The molecule has 112 valence electrons. The second-order valence-electron chi connectivity index (χ2n) is 4.45. The van der Waals surface area contributed by atoms with Crippen molar-refractivity contribution in [1.82, 2.24) is 9.71 Å². The summed E-state index contributed by atoms with van der Waals surface area (Å²) in [5, 5.41) is 10.5. The lowest BCUT2D eigenvalue weighted by molar-refractivity contribution is 0.169. The number of aliphatic hydroxyl groups excluding tert-OH is 1. The number of nitrogens with one attached hydrogen (secondary N) is 1. The van der Waals surface area contributed by atoms with Crippen LogP contribution in [0.5, 0.6) is 0 Å². The molecule has 2 aromatic rings. The number of sulfonamides is 1. The molecule has 0 saturated heterocycles. The van der Waals surface area contributed by atoms with E-state index in [9.17, 15) is 13.5 Å². The maximum absolute atomic E-state index is 12.0. The normalized spacial score (nSPS) is 13.0. The van der Waals surface area contributed by atoms with Crippen LogP contribution in [0.25, 0.3) is 0 Å². The first kappa shape index (κ1) is 15.9. The van der Waals surface area contributed by atoms with Crippen LogP contribution in [-0.4, -0.2) is 25.1 Å². The quantitative estimate of drug-likeness (QED) is 0.852. The second-order valence-corrected chi connectivity index (χ2v) is 6.65. The topological polar surface area (TPSA) is 79.3 Å². The van der Waals surface area contributed by atoms with Crippen LogP contribution in [0.3, 0.4) is 0 Å². The summed E-state index contributed by atoms with van der Waals surface area (Å²) in [6.07, 6.45) is 2.25. The zero-order chi connectivity index (χ0) is 15.3. The maximum Gasteiger partial charge on any atom is 0.242 e. The Labute approximate surface area is 128 Å². The summed E-state index contributed by atoms with van der Waals surface area (Å²) < 4.78 is 26.3. The predicted molar refractivity (Wildman–Crippen MR) is 80.5 cm³/mol. The van der Waals surface area contributed by atoms with Crippen LogP contribution >= 0.6 is 11.6 Å². The van der Waals surface area contributed by atoms with Crippen LogP contribution in [0.4, 0.5) is 0 Å². The highest BCUT2D eigenvalue weighted by Crippen LogP contribution is 2.20. The second kappa shape index (κ2) is 7.00. The van der Waals surface area contributed by atoms with E-state index in [1.165, 1.54) is 18.5 Å². The standard InChI is InChI=1S/C14H15ClN2O3S/c15-12-4-1-3-11(9-12)14(18)6-8-17-21(19,20)13-5-2-7-16-10-13/h1-5,7,9-10,14,17-18H,6,8H2/t14-/m1/s1. The largest absolute Gasteiger partial charge is 0.388 e. The van der Waals surface area contributed by atoms with Crippen LogP contribution in [-0.2, 0) is 10.0 Å². The van der Waals surface area contributed by atoms with Gasteiger partial charge in [0.05, 0.1) is 6.10 Å². The predicted octanol–water partition coefficient (Wildman–Crippen LogP) is 2.14. The Morgan fingerprint density at radius 2 is 2.10 bits per heavy atom. The number of hydrogen-bond acceptors (Lipinski definition) is 4. The molecule has 1 aromatic carbocycles. The van der Waals surface area contributed by atoms with Gasteiger partial charge >= 0.3 is 0 Å². The van der Waals surface area contributed by atoms with Crippen molar-refractivity contribution < 1.29 is 13.5 Å². The lowest BCUT2D eigenvalue weighted by Gasteiger charge is -2.12. The zero-order valence-corrected chi connectivity index (χ0v) is 12.7. The van der Waals surface area contributed by atoms with E-state index in [1.54, 1.807) is 30.3 Å². The summed E-state index contributed by atoms with van der Waals surface area (Å²) in [7, 11) is -3.60. The molecule has 0 saturated carbocycles. The minimum atomic E-state index is -3.60. The molecule has 0 spiro atoms. The number of pyridine rings is 1. The molecule has 0 radical (unpaired) electrons. The van der Waals surface area contributed by atoms with Crippen molar-refractivity contribution >= 4 is 21.6 Å². The van der Waals surface area contributed by atoms with Gasteiger partial charge in [-0.25, -0.2) is 13.1 Å². The van der Waals surface area contributed by atoms with Gasteiger partial charge in [-0.15, -0.1) is 0 Å². The van der Waals surface area contributed by atoms with Crippen LogP contribution in [0, 0.1) is 0 Å². The summed E-state index contributed by atoms with van der Waals surface area (Å²) >= 11 is 5.85. The Morgan fingerprint density at radius 1 is 1.29 bits per heavy atom. The van der Waals surface area contributed by atoms with Crippen molar-refractivity contribution in [3.05, 3.63) is 59.4 Å². The zero-order valence-electron chi connectivity index (χ0n) is 11.1. The van der Waals surface area contributed by atoms with E-state index in [1.807, 2.05) is 0 Å². The molecule has 0 fully saturated rings. The number of hydrogen-bond donors (Lipinski definition) is 2. The molecule has 0 bridgehead atoms. The highest BCUT2D eigenvalue weighted by Gasteiger charge is 2.15. The average molecular weight is 327 g/mol. The van der Waals surface area contributed by atoms with E-state index < -0.39 is 16.1 Å². The SMILES string of the molecule is O=S(=O)(NCC[C@@H](O)c1cccc(Cl)c1)c1cccnc1. The van der Waals surface area contributed by atoms with Crippen molar-refractivity contribution in [3.63, 3.8) is 0 Å². The summed E-state index contributed by atoms with van der Waals surface area (Å²) in [6.45, 7) is 0.116. The van der Waals surface area contributed by atoms with Crippen LogP contribution < -0.4 is 4.72 Å². The molecule has 0 amide bonds. The van der Waals surface area contributed by atoms with Gasteiger partial charge in [0.1, 0.15) is 4.90 Å². The molecule has 5 nitrogen and oxygen atoms in total.